The summed E-state index contributed by atoms with van der Waals surface area (Å²) in [5, 5.41) is 3.52. The van der Waals surface area contributed by atoms with Crippen molar-refractivity contribution in [2.45, 2.75) is 0 Å². The maximum atomic E-state index is 9.51. The van der Waals surface area contributed by atoms with Gasteiger partial charge in [-0.3, -0.25) is 0 Å². The Hall–Kier alpha value is -6.38. The molecular formula is C46H31NO. The number of hydrogen-bond donors (Lipinski definition) is 0. The molecule has 9 aromatic rings. The van der Waals surface area contributed by atoms with Crippen molar-refractivity contribution in [3.63, 3.8) is 0 Å². The van der Waals surface area contributed by atoms with Crippen molar-refractivity contribution in [1.82, 2.24) is 0 Å². The highest BCUT2D eigenvalue weighted by Crippen LogP contribution is 2.41. The van der Waals surface area contributed by atoms with E-state index in [1.54, 1.807) is 54.6 Å². The predicted molar refractivity (Wildman–Crippen MR) is 202 cm³/mol. The Morgan fingerprint density at radius 1 is 0.396 bits per heavy atom. The molecule has 1 aromatic heterocycles. The summed E-state index contributed by atoms with van der Waals surface area (Å²) in [6.07, 6.45) is 0. The van der Waals surface area contributed by atoms with Crippen LogP contribution < -0.4 is 4.90 Å². The maximum Gasteiger partial charge on any atom is 0.143 e. The average Bonchev–Trinajstić information content (AvgIpc) is 3.61. The summed E-state index contributed by atoms with van der Waals surface area (Å²) in [7, 11) is 0. The number of anilines is 3. The van der Waals surface area contributed by atoms with Crippen LogP contribution >= 0.6 is 0 Å². The van der Waals surface area contributed by atoms with E-state index in [9.17, 15) is 8.22 Å². The summed E-state index contributed by atoms with van der Waals surface area (Å²) in [4.78, 5) is 1.34. The predicted octanol–water partition coefficient (Wildman–Crippen LogP) is 13.2. The molecule has 48 heavy (non-hydrogen) atoms. The molecule has 0 bridgehead atoms. The van der Waals surface area contributed by atoms with E-state index in [1.165, 1.54) is 4.90 Å². The van der Waals surface area contributed by atoms with Crippen molar-refractivity contribution in [2.24, 2.45) is 0 Å². The maximum absolute atomic E-state index is 9.51. The van der Waals surface area contributed by atoms with E-state index in [-0.39, 0.29) is 46.7 Å². The number of benzene rings is 8. The molecule has 0 aliphatic heterocycles. The lowest BCUT2D eigenvalue weighted by atomic mass is 9.98. The molecule has 0 spiro atoms. The van der Waals surface area contributed by atoms with Crippen LogP contribution in [-0.2, 0) is 0 Å². The average molecular weight is 622 g/mol. The fourth-order valence-corrected chi connectivity index (χ4v) is 6.32. The smallest absolute Gasteiger partial charge is 0.143 e. The second-order valence-corrected chi connectivity index (χ2v) is 11.5. The van der Waals surface area contributed by atoms with Crippen molar-refractivity contribution >= 4 is 49.8 Å². The normalized spacial score (nSPS) is 13.7. The van der Waals surface area contributed by atoms with Gasteiger partial charge in [0.15, 0.2) is 0 Å². The van der Waals surface area contributed by atoms with Gasteiger partial charge in [0.2, 0.25) is 0 Å². The Balaban J connectivity index is 1.33. The zero-order valence-electron chi connectivity index (χ0n) is 33.6. The summed E-state index contributed by atoms with van der Waals surface area (Å²) < 4.78 is 81.2. The lowest BCUT2D eigenvalue weighted by Crippen LogP contribution is -2.10. The molecule has 2 nitrogen and oxygen atoms in total. The topological polar surface area (TPSA) is 16.4 Å². The Morgan fingerprint density at radius 2 is 0.979 bits per heavy atom. The second kappa shape index (κ2) is 11.8. The van der Waals surface area contributed by atoms with Gasteiger partial charge in [-0.05, 0) is 81.0 Å². The SMILES string of the molecule is [2H]c1c([2H])c(N(c2cccc(-c3cccc4c3oc3ccccc34)c2)c2c([2H])c([2H])c(-c3cccc4ccccc34)c([2H])c2[2H])c([2H])c([2H])c1-c1ccccc1. The van der Waals surface area contributed by atoms with E-state index in [0.717, 1.165) is 32.7 Å². The zero-order valence-corrected chi connectivity index (χ0v) is 25.6. The van der Waals surface area contributed by atoms with Gasteiger partial charge in [0.05, 0.1) is 11.0 Å². The van der Waals surface area contributed by atoms with Crippen LogP contribution in [0.25, 0.3) is 66.1 Å². The highest BCUT2D eigenvalue weighted by molar-refractivity contribution is 6.09. The zero-order chi connectivity index (χ0) is 38.8. The summed E-state index contributed by atoms with van der Waals surface area (Å²) in [6, 6.07) is 39.8. The number of furan rings is 1. The van der Waals surface area contributed by atoms with Gasteiger partial charge in [0.1, 0.15) is 11.2 Å². The molecule has 0 N–H and O–H groups in total. The third-order valence-electron chi connectivity index (χ3n) is 8.61. The Bertz CT molecular complexity index is 2970. The van der Waals surface area contributed by atoms with Gasteiger partial charge < -0.3 is 9.32 Å². The van der Waals surface area contributed by atoms with Crippen molar-refractivity contribution in [1.29, 1.82) is 0 Å². The van der Waals surface area contributed by atoms with Crippen LogP contribution in [0, 0.1) is 0 Å². The van der Waals surface area contributed by atoms with Crippen LogP contribution in [0.3, 0.4) is 0 Å². The monoisotopic (exact) mass is 621 g/mol. The van der Waals surface area contributed by atoms with Crippen LogP contribution in [0.1, 0.15) is 11.0 Å². The molecule has 8 aromatic carbocycles. The van der Waals surface area contributed by atoms with Gasteiger partial charge in [0, 0.05) is 33.4 Å². The fraction of sp³-hybridized carbons (Fsp3) is 0. The highest BCUT2D eigenvalue weighted by Gasteiger charge is 2.17. The first-order chi connectivity index (χ1) is 27.2. The van der Waals surface area contributed by atoms with E-state index in [1.807, 2.05) is 84.9 Å². The van der Waals surface area contributed by atoms with Crippen LogP contribution in [-0.4, -0.2) is 0 Å². The van der Waals surface area contributed by atoms with E-state index < -0.39 is 24.2 Å². The Labute approximate surface area is 291 Å². The molecule has 0 atom stereocenters. The molecule has 226 valence electrons. The Morgan fingerprint density at radius 3 is 1.79 bits per heavy atom. The molecule has 0 aliphatic rings. The molecule has 0 saturated heterocycles. The second-order valence-electron chi connectivity index (χ2n) is 11.5. The third-order valence-corrected chi connectivity index (χ3v) is 8.61. The molecule has 9 rings (SSSR count). The van der Waals surface area contributed by atoms with Gasteiger partial charge in [-0.1, -0.05) is 145 Å². The summed E-state index contributed by atoms with van der Waals surface area (Å²) in [6.45, 7) is 0. The van der Waals surface area contributed by atoms with Crippen molar-refractivity contribution < 1.29 is 15.4 Å². The van der Waals surface area contributed by atoms with Gasteiger partial charge >= 0.3 is 0 Å². The van der Waals surface area contributed by atoms with Crippen LogP contribution in [0.15, 0.2) is 192 Å². The van der Waals surface area contributed by atoms with Gasteiger partial charge in [-0.2, -0.15) is 0 Å². The molecular weight excluding hydrogens is 583 g/mol. The van der Waals surface area contributed by atoms with Gasteiger partial charge in [0.25, 0.3) is 0 Å². The van der Waals surface area contributed by atoms with Gasteiger partial charge in [-0.25, -0.2) is 0 Å². The van der Waals surface area contributed by atoms with E-state index >= 15 is 0 Å². The lowest BCUT2D eigenvalue weighted by Gasteiger charge is -2.26. The van der Waals surface area contributed by atoms with Gasteiger partial charge in [-0.15, -0.1) is 0 Å². The molecule has 0 fully saturated rings. The summed E-state index contributed by atoms with van der Waals surface area (Å²) in [5.74, 6) is 0. The molecule has 2 heteroatoms. The van der Waals surface area contributed by atoms with Crippen LogP contribution in [0.4, 0.5) is 17.1 Å². The number of para-hydroxylation sites is 2. The number of rotatable bonds is 6. The van der Waals surface area contributed by atoms with Crippen molar-refractivity contribution in [3.05, 3.63) is 188 Å². The van der Waals surface area contributed by atoms with E-state index in [0.29, 0.717) is 28.0 Å². The molecule has 0 amide bonds. The first-order valence-corrected chi connectivity index (χ1v) is 15.7. The van der Waals surface area contributed by atoms with Crippen LogP contribution in [0.2, 0.25) is 0 Å². The number of hydrogen-bond acceptors (Lipinski definition) is 2. The molecule has 0 radical (unpaired) electrons. The first kappa shape index (κ1) is 20.7. The van der Waals surface area contributed by atoms with Crippen molar-refractivity contribution in [3.8, 4) is 33.4 Å². The molecule has 0 aliphatic carbocycles. The lowest BCUT2D eigenvalue weighted by molar-refractivity contribution is 0.670. The first-order valence-electron chi connectivity index (χ1n) is 19.7. The standard InChI is InChI=1S/C46H31NO/c1-2-11-32(12-3-1)33-23-27-37(28-24-33)47(38-29-25-35(26-30-38)41-19-9-14-34-13-4-5-17-40(34)41)39-16-8-15-36(31-39)42-20-10-21-44-43-18-6-7-22-45(43)48-46(42)44/h1-31H/i23D,24D,25D,26D,27D,28D,29D,30D. The highest BCUT2D eigenvalue weighted by atomic mass is 16.3. The van der Waals surface area contributed by atoms with E-state index in [2.05, 4.69) is 0 Å². The minimum absolute atomic E-state index is 0.112. The largest absolute Gasteiger partial charge is 0.455 e. The third kappa shape index (κ3) is 4.92. The number of fused-ring (bicyclic) bond motifs is 4. The minimum Gasteiger partial charge on any atom is -0.455 e. The van der Waals surface area contributed by atoms with Crippen LogP contribution in [0.5, 0.6) is 0 Å². The molecule has 0 saturated carbocycles. The molecule has 1 heterocycles. The quantitative estimate of drug-likeness (QED) is 0.184. The Kier molecular flexibility index (Phi) is 5.07. The van der Waals surface area contributed by atoms with Crippen molar-refractivity contribution in [2.75, 3.05) is 4.90 Å². The minimum atomic E-state index is -0.400. The summed E-state index contributed by atoms with van der Waals surface area (Å²) >= 11 is 0. The number of nitrogens with zero attached hydrogens (tertiary/aromatic N) is 1. The summed E-state index contributed by atoms with van der Waals surface area (Å²) in [5.41, 5.74) is 3.98. The molecule has 0 unspecified atom stereocenters. The van der Waals surface area contributed by atoms with E-state index in [4.69, 9.17) is 7.16 Å². The fourth-order valence-electron chi connectivity index (χ4n) is 6.32.